The molecular formula is C18H26N2O4. The van der Waals surface area contributed by atoms with Gasteiger partial charge in [0.05, 0.1) is 24.9 Å². The van der Waals surface area contributed by atoms with Gasteiger partial charge in [0.2, 0.25) is 0 Å². The Bertz CT molecular complexity index is 584. The van der Waals surface area contributed by atoms with E-state index in [2.05, 4.69) is 11.9 Å². The van der Waals surface area contributed by atoms with Gasteiger partial charge in [0.1, 0.15) is 11.4 Å². The standard InChI is InChI=1S/C18H26N2O4/c1-3-14-10-13(21)12-18(24-14)5-8-20(9-6-18)17(22)16-11-15(23-2)4-7-19-16/h4,7,11,13-14,21H,3,5-6,8-10,12H2,1-2H3/t13-,14+/m1/s1. The fourth-order valence-corrected chi connectivity index (χ4v) is 3.77. The molecule has 2 aliphatic rings. The fourth-order valence-electron chi connectivity index (χ4n) is 3.77. The zero-order valence-corrected chi connectivity index (χ0v) is 14.4. The minimum Gasteiger partial charge on any atom is -0.497 e. The molecule has 1 amide bonds. The van der Waals surface area contributed by atoms with Crippen molar-refractivity contribution in [1.29, 1.82) is 0 Å². The summed E-state index contributed by atoms with van der Waals surface area (Å²) in [5, 5.41) is 10.2. The van der Waals surface area contributed by atoms with E-state index in [1.165, 1.54) is 0 Å². The van der Waals surface area contributed by atoms with E-state index in [0.717, 1.165) is 19.3 Å². The number of carbonyl (C=O) groups excluding carboxylic acids is 1. The van der Waals surface area contributed by atoms with E-state index in [1.54, 1.807) is 25.4 Å². The highest BCUT2D eigenvalue weighted by Gasteiger charge is 2.43. The molecule has 1 aromatic rings. The summed E-state index contributed by atoms with van der Waals surface area (Å²) in [6, 6.07) is 3.39. The molecule has 6 heteroatoms. The molecule has 0 bridgehead atoms. The predicted molar refractivity (Wildman–Crippen MR) is 89.1 cm³/mol. The molecule has 0 aromatic carbocycles. The fraction of sp³-hybridized carbons (Fsp3) is 0.667. The number of rotatable bonds is 3. The van der Waals surface area contributed by atoms with Crippen LogP contribution in [0.1, 0.15) is 49.5 Å². The number of pyridine rings is 1. The van der Waals surface area contributed by atoms with E-state index in [-0.39, 0.29) is 23.7 Å². The van der Waals surface area contributed by atoms with Crippen molar-refractivity contribution in [3.8, 4) is 5.75 Å². The third-order valence-corrected chi connectivity index (χ3v) is 5.16. The van der Waals surface area contributed by atoms with Crippen molar-refractivity contribution in [2.75, 3.05) is 20.2 Å². The molecule has 1 N–H and O–H groups in total. The van der Waals surface area contributed by atoms with Crippen molar-refractivity contribution >= 4 is 5.91 Å². The van der Waals surface area contributed by atoms with Crippen molar-refractivity contribution in [2.45, 2.75) is 56.8 Å². The second kappa shape index (κ2) is 7.07. The number of hydrogen-bond donors (Lipinski definition) is 1. The van der Waals surface area contributed by atoms with Gasteiger partial charge in [-0.25, -0.2) is 0 Å². The first-order valence-electron chi connectivity index (χ1n) is 8.70. The maximum atomic E-state index is 12.6. The number of aliphatic hydroxyl groups excluding tert-OH is 1. The Morgan fingerprint density at radius 1 is 1.50 bits per heavy atom. The first-order chi connectivity index (χ1) is 11.5. The zero-order valence-electron chi connectivity index (χ0n) is 14.4. The van der Waals surface area contributed by atoms with Gasteiger partial charge in [0, 0.05) is 31.8 Å². The maximum absolute atomic E-state index is 12.6. The van der Waals surface area contributed by atoms with Crippen LogP contribution in [0.5, 0.6) is 5.75 Å². The van der Waals surface area contributed by atoms with Gasteiger partial charge in [-0.05, 0) is 31.7 Å². The van der Waals surface area contributed by atoms with E-state index in [4.69, 9.17) is 9.47 Å². The molecule has 2 atom stereocenters. The molecule has 132 valence electrons. The van der Waals surface area contributed by atoms with Gasteiger partial charge in [0.25, 0.3) is 5.91 Å². The van der Waals surface area contributed by atoms with Gasteiger partial charge >= 0.3 is 0 Å². The van der Waals surface area contributed by atoms with Crippen LogP contribution in [0.4, 0.5) is 0 Å². The van der Waals surface area contributed by atoms with E-state index in [9.17, 15) is 9.90 Å². The summed E-state index contributed by atoms with van der Waals surface area (Å²) in [4.78, 5) is 18.6. The molecular weight excluding hydrogens is 308 g/mol. The van der Waals surface area contributed by atoms with Crippen LogP contribution in [0, 0.1) is 0 Å². The minimum atomic E-state index is -0.300. The van der Waals surface area contributed by atoms with Crippen molar-refractivity contribution < 1.29 is 19.4 Å². The number of likely N-dealkylation sites (tertiary alicyclic amines) is 1. The second-order valence-corrected chi connectivity index (χ2v) is 6.80. The van der Waals surface area contributed by atoms with Crippen LogP contribution in [-0.4, -0.2) is 58.9 Å². The Hall–Kier alpha value is -1.66. The molecule has 0 radical (unpaired) electrons. The first-order valence-corrected chi connectivity index (χ1v) is 8.70. The SMILES string of the molecule is CC[C@H]1C[C@@H](O)CC2(CCN(C(=O)c3cc(OC)ccn3)CC2)O1. The van der Waals surface area contributed by atoms with E-state index in [1.807, 2.05) is 4.90 Å². The average Bonchev–Trinajstić information content (AvgIpc) is 2.61. The van der Waals surface area contributed by atoms with Gasteiger partial charge in [-0.2, -0.15) is 0 Å². The number of aromatic nitrogens is 1. The molecule has 3 heterocycles. The quantitative estimate of drug-likeness (QED) is 0.915. The predicted octanol–water partition coefficient (Wildman–Crippen LogP) is 2.01. The molecule has 0 saturated carbocycles. The minimum absolute atomic E-state index is 0.0767. The van der Waals surface area contributed by atoms with Crippen LogP contribution in [0.3, 0.4) is 0 Å². The Balaban J connectivity index is 1.65. The molecule has 24 heavy (non-hydrogen) atoms. The molecule has 1 aromatic heterocycles. The van der Waals surface area contributed by atoms with Crippen LogP contribution < -0.4 is 4.74 Å². The highest BCUT2D eigenvalue weighted by molar-refractivity contribution is 5.92. The summed E-state index contributed by atoms with van der Waals surface area (Å²) < 4.78 is 11.4. The Labute approximate surface area is 142 Å². The monoisotopic (exact) mass is 334 g/mol. The lowest BCUT2D eigenvalue weighted by atomic mass is 9.81. The number of ether oxygens (including phenoxy) is 2. The summed E-state index contributed by atoms with van der Waals surface area (Å²) in [6.45, 7) is 3.34. The molecule has 0 unspecified atom stereocenters. The van der Waals surface area contributed by atoms with Crippen molar-refractivity contribution in [2.24, 2.45) is 0 Å². The summed E-state index contributed by atoms with van der Waals surface area (Å²) in [7, 11) is 1.57. The number of aliphatic hydroxyl groups is 1. The number of carbonyl (C=O) groups is 1. The zero-order chi connectivity index (χ0) is 17.2. The summed E-state index contributed by atoms with van der Waals surface area (Å²) in [6.07, 6.45) is 5.23. The van der Waals surface area contributed by atoms with Gasteiger partial charge < -0.3 is 19.5 Å². The molecule has 1 spiro atoms. The first kappa shape index (κ1) is 17.2. The number of nitrogens with zero attached hydrogens (tertiary/aromatic N) is 2. The molecule has 3 rings (SSSR count). The molecule has 2 fully saturated rings. The highest BCUT2D eigenvalue weighted by Crippen LogP contribution is 2.38. The Morgan fingerprint density at radius 2 is 2.25 bits per heavy atom. The van der Waals surface area contributed by atoms with Crippen LogP contribution >= 0.6 is 0 Å². The molecule has 0 aliphatic carbocycles. The molecule has 2 aliphatic heterocycles. The van der Waals surface area contributed by atoms with Crippen LogP contribution in [0.2, 0.25) is 0 Å². The van der Waals surface area contributed by atoms with E-state index >= 15 is 0 Å². The van der Waals surface area contributed by atoms with Crippen LogP contribution in [-0.2, 0) is 4.74 Å². The maximum Gasteiger partial charge on any atom is 0.272 e. The highest BCUT2D eigenvalue weighted by atomic mass is 16.5. The topological polar surface area (TPSA) is 71.9 Å². The van der Waals surface area contributed by atoms with Gasteiger partial charge in [-0.15, -0.1) is 0 Å². The lowest BCUT2D eigenvalue weighted by molar-refractivity contribution is -0.179. The normalized spacial score (nSPS) is 26.4. The number of amides is 1. The van der Waals surface area contributed by atoms with Crippen molar-refractivity contribution in [3.05, 3.63) is 24.0 Å². The lowest BCUT2D eigenvalue weighted by Crippen LogP contribution is -2.53. The van der Waals surface area contributed by atoms with E-state index < -0.39 is 0 Å². The van der Waals surface area contributed by atoms with Crippen LogP contribution in [0.15, 0.2) is 18.3 Å². The van der Waals surface area contributed by atoms with Gasteiger partial charge in [-0.1, -0.05) is 6.92 Å². The summed E-state index contributed by atoms with van der Waals surface area (Å²) in [5.41, 5.74) is 0.123. The van der Waals surface area contributed by atoms with Crippen molar-refractivity contribution in [3.63, 3.8) is 0 Å². The summed E-state index contributed by atoms with van der Waals surface area (Å²) in [5.74, 6) is 0.554. The number of methoxy groups -OCH3 is 1. The second-order valence-electron chi connectivity index (χ2n) is 6.80. The molecule has 2 saturated heterocycles. The number of piperidine rings is 1. The van der Waals surface area contributed by atoms with Gasteiger partial charge in [-0.3, -0.25) is 9.78 Å². The Kier molecular flexibility index (Phi) is 5.06. The third kappa shape index (κ3) is 3.54. The van der Waals surface area contributed by atoms with Crippen molar-refractivity contribution in [1.82, 2.24) is 9.88 Å². The third-order valence-electron chi connectivity index (χ3n) is 5.16. The summed E-state index contributed by atoms with van der Waals surface area (Å²) >= 11 is 0. The van der Waals surface area contributed by atoms with E-state index in [0.29, 0.717) is 37.4 Å². The number of hydrogen-bond acceptors (Lipinski definition) is 5. The largest absolute Gasteiger partial charge is 0.497 e. The molecule has 6 nitrogen and oxygen atoms in total. The van der Waals surface area contributed by atoms with Crippen LogP contribution in [0.25, 0.3) is 0 Å². The lowest BCUT2D eigenvalue weighted by Gasteiger charge is -2.47. The smallest absolute Gasteiger partial charge is 0.272 e. The van der Waals surface area contributed by atoms with Gasteiger partial charge in [0.15, 0.2) is 0 Å². The average molecular weight is 334 g/mol. The Morgan fingerprint density at radius 3 is 2.92 bits per heavy atom.